The molecule has 0 saturated carbocycles. The minimum absolute atomic E-state index is 0.0139. The van der Waals surface area contributed by atoms with Crippen LogP contribution in [0.25, 0.3) is 0 Å². The Morgan fingerprint density at radius 2 is 2.00 bits per heavy atom. The summed E-state index contributed by atoms with van der Waals surface area (Å²) in [6, 6.07) is -0.202. The number of carbonyl (C=O) groups excluding carboxylic acids is 1. The van der Waals surface area contributed by atoms with Gasteiger partial charge in [-0.1, -0.05) is 13.8 Å². The number of hydrogen-bond donors (Lipinski definition) is 1. The lowest BCUT2D eigenvalue weighted by Crippen LogP contribution is -2.46. The number of carbonyl (C=O) groups is 1. The van der Waals surface area contributed by atoms with Gasteiger partial charge in [0, 0.05) is 19.1 Å². The maximum absolute atomic E-state index is 12.2. The SMILES string of the molecule is C=C(NC(C(=O)C(C)C)C1CCOCC1)OC. The van der Waals surface area contributed by atoms with Crippen LogP contribution < -0.4 is 5.32 Å². The number of methoxy groups -OCH3 is 1. The van der Waals surface area contributed by atoms with Gasteiger partial charge in [-0.05, 0) is 25.3 Å². The molecule has 98 valence electrons. The van der Waals surface area contributed by atoms with Crippen molar-refractivity contribution >= 4 is 5.78 Å². The van der Waals surface area contributed by atoms with Gasteiger partial charge in [-0.15, -0.1) is 0 Å². The normalized spacial score (nSPS) is 18.8. The van der Waals surface area contributed by atoms with E-state index < -0.39 is 0 Å². The zero-order chi connectivity index (χ0) is 12.8. The molecular weight excluding hydrogens is 218 g/mol. The average molecular weight is 241 g/mol. The Bertz CT molecular complexity index is 270. The monoisotopic (exact) mass is 241 g/mol. The van der Waals surface area contributed by atoms with Crippen LogP contribution in [0, 0.1) is 11.8 Å². The summed E-state index contributed by atoms with van der Waals surface area (Å²) in [5.41, 5.74) is 0. The third kappa shape index (κ3) is 4.04. The number of ether oxygens (including phenoxy) is 2. The van der Waals surface area contributed by atoms with Crippen LogP contribution in [-0.2, 0) is 14.3 Å². The van der Waals surface area contributed by atoms with E-state index in [2.05, 4.69) is 11.9 Å². The van der Waals surface area contributed by atoms with Crippen molar-refractivity contribution in [2.45, 2.75) is 32.7 Å². The molecular formula is C13H23NO3. The Morgan fingerprint density at radius 3 is 2.47 bits per heavy atom. The van der Waals surface area contributed by atoms with Crippen LogP contribution in [0.2, 0.25) is 0 Å². The van der Waals surface area contributed by atoms with Gasteiger partial charge in [-0.25, -0.2) is 0 Å². The lowest BCUT2D eigenvalue weighted by Gasteiger charge is -2.31. The van der Waals surface area contributed by atoms with Crippen molar-refractivity contribution in [3.63, 3.8) is 0 Å². The van der Waals surface area contributed by atoms with Gasteiger partial charge < -0.3 is 14.8 Å². The van der Waals surface area contributed by atoms with Gasteiger partial charge in [0.05, 0.1) is 13.2 Å². The van der Waals surface area contributed by atoms with E-state index in [-0.39, 0.29) is 17.7 Å². The summed E-state index contributed by atoms with van der Waals surface area (Å²) < 4.78 is 10.3. The highest BCUT2D eigenvalue weighted by atomic mass is 16.5. The predicted molar refractivity (Wildman–Crippen MR) is 66.5 cm³/mol. The number of Topliss-reactive ketones (excluding diaryl/α,β-unsaturated/α-hetero) is 1. The molecule has 1 heterocycles. The molecule has 0 aliphatic carbocycles. The molecule has 1 rings (SSSR count). The molecule has 0 aromatic heterocycles. The van der Waals surface area contributed by atoms with Crippen LogP contribution in [0.4, 0.5) is 0 Å². The van der Waals surface area contributed by atoms with Gasteiger partial charge in [0.1, 0.15) is 0 Å². The topological polar surface area (TPSA) is 47.6 Å². The first-order valence-corrected chi connectivity index (χ1v) is 6.17. The lowest BCUT2D eigenvalue weighted by molar-refractivity contribution is -0.126. The van der Waals surface area contributed by atoms with E-state index >= 15 is 0 Å². The van der Waals surface area contributed by atoms with E-state index in [0.29, 0.717) is 11.8 Å². The fraction of sp³-hybridized carbons (Fsp3) is 0.769. The van der Waals surface area contributed by atoms with E-state index in [9.17, 15) is 4.79 Å². The highest BCUT2D eigenvalue weighted by Crippen LogP contribution is 2.22. The summed E-state index contributed by atoms with van der Waals surface area (Å²) in [6.45, 7) is 9.04. The van der Waals surface area contributed by atoms with Gasteiger partial charge in [0.25, 0.3) is 0 Å². The third-order valence-corrected chi connectivity index (χ3v) is 3.18. The van der Waals surface area contributed by atoms with Crippen LogP contribution >= 0.6 is 0 Å². The Labute approximate surface area is 103 Å². The van der Waals surface area contributed by atoms with Gasteiger partial charge in [-0.3, -0.25) is 4.79 Å². The van der Waals surface area contributed by atoms with Crippen molar-refractivity contribution < 1.29 is 14.3 Å². The summed E-state index contributed by atoms with van der Waals surface area (Å²) in [5.74, 6) is 0.996. The van der Waals surface area contributed by atoms with Crippen LogP contribution in [0.1, 0.15) is 26.7 Å². The van der Waals surface area contributed by atoms with Crippen molar-refractivity contribution in [1.82, 2.24) is 5.32 Å². The molecule has 1 aliphatic heterocycles. The van der Waals surface area contributed by atoms with Gasteiger partial charge in [0.2, 0.25) is 0 Å². The largest absolute Gasteiger partial charge is 0.483 e. The van der Waals surface area contributed by atoms with E-state index in [1.165, 1.54) is 0 Å². The molecule has 17 heavy (non-hydrogen) atoms. The van der Waals surface area contributed by atoms with Crippen LogP contribution in [-0.4, -0.2) is 32.1 Å². The highest BCUT2D eigenvalue weighted by Gasteiger charge is 2.31. The molecule has 1 aliphatic rings. The standard InChI is InChI=1S/C13H23NO3/c1-9(2)13(15)12(14-10(3)16-4)11-5-7-17-8-6-11/h9,11-12,14H,3,5-8H2,1-2,4H3. The van der Waals surface area contributed by atoms with Crippen molar-refractivity contribution in [3.05, 3.63) is 12.5 Å². The second-order valence-electron chi connectivity index (χ2n) is 4.76. The predicted octanol–water partition coefficient (Wildman–Crippen LogP) is 1.71. The molecule has 1 saturated heterocycles. The average Bonchev–Trinajstić information content (AvgIpc) is 2.35. The molecule has 1 fully saturated rings. The molecule has 0 bridgehead atoms. The molecule has 1 unspecified atom stereocenters. The smallest absolute Gasteiger partial charge is 0.179 e. The summed E-state index contributed by atoms with van der Waals surface area (Å²) in [5, 5.41) is 3.10. The lowest BCUT2D eigenvalue weighted by atomic mass is 9.85. The van der Waals surface area contributed by atoms with Gasteiger partial charge in [0.15, 0.2) is 11.7 Å². The summed E-state index contributed by atoms with van der Waals surface area (Å²) >= 11 is 0. The van der Waals surface area contributed by atoms with E-state index in [1.807, 2.05) is 13.8 Å². The van der Waals surface area contributed by atoms with Crippen molar-refractivity contribution in [1.29, 1.82) is 0 Å². The zero-order valence-corrected chi connectivity index (χ0v) is 11.0. The first-order chi connectivity index (χ1) is 8.06. The first kappa shape index (κ1) is 14.0. The minimum atomic E-state index is -0.202. The summed E-state index contributed by atoms with van der Waals surface area (Å²) in [4.78, 5) is 12.2. The Morgan fingerprint density at radius 1 is 1.41 bits per heavy atom. The highest BCUT2D eigenvalue weighted by molar-refractivity contribution is 5.86. The summed E-state index contributed by atoms with van der Waals surface area (Å²) in [7, 11) is 1.55. The fourth-order valence-corrected chi connectivity index (χ4v) is 2.06. The Kier molecular flexibility index (Phi) is 5.48. The number of hydrogen-bond acceptors (Lipinski definition) is 4. The molecule has 1 N–H and O–H groups in total. The Balaban J connectivity index is 2.69. The Hall–Kier alpha value is -1.03. The minimum Gasteiger partial charge on any atom is -0.483 e. The van der Waals surface area contributed by atoms with E-state index in [1.54, 1.807) is 7.11 Å². The van der Waals surface area contributed by atoms with Crippen LogP contribution in [0.15, 0.2) is 12.5 Å². The first-order valence-electron chi connectivity index (χ1n) is 6.17. The van der Waals surface area contributed by atoms with Crippen molar-refractivity contribution in [3.8, 4) is 0 Å². The summed E-state index contributed by atoms with van der Waals surface area (Å²) in [6.07, 6.45) is 1.82. The molecule has 0 spiro atoms. The van der Waals surface area contributed by atoms with E-state index in [4.69, 9.17) is 9.47 Å². The van der Waals surface area contributed by atoms with Gasteiger partial charge >= 0.3 is 0 Å². The molecule has 0 amide bonds. The fourth-order valence-electron chi connectivity index (χ4n) is 2.06. The number of rotatable bonds is 6. The maximum Gasteiger partial charge on any atom is 0.179 e. The van der Waals surface area contributed by atoms with Crippen LogP contribution in [0.3, 0.4) is 0 Å². The molecule has 4 nitrogen and oxygen atoms in total. The molecule has 4 heteroatoms. The zero-order valence-electron chi connectivity index (χ0n) is 11.0. The third-order valence-electron chi connectivity index (χ3n) is 3.18. The van der Waals surface area contributed by atoms with Crippen molar-refractivity contribution in [2.24, 2.45) is 11.8 Å². The van der Waals surface area contributed by atoms with Crippen molar-refractivity contribution in [2.75, 3.05) is 20.3 Å². The maximum atomic E-state index is 12.2. The second kappa shape index (κ2) is 6.64. The van der Waals surface area contributed by atoms with E-state index in [0.717, 1.165) is 26.1 Å². The molecule has 0 aromatic carbocycles. The molecule has 0 radical (unpaired) electrons. The number of ketones is 1. The van der Waals surface area contributed by atoms with Crippen LogP contribution in [0.5, 0.6) is 0 Å². The molecule has 1 atom stereocenters. The molecule has 0 aromatic rings. The second-order valence-corrected chi connectivity index (χ2v) is 4.76. The van der Waals surface area contributed by atoms with Gasteiger partial charge in [-0.2, -0.15) is 0 Å². The number of nitrogens with one attached hydrogen (secondary N) is 1. The quantitative estimate of drug-likeness (QED) is 0.719.